The van der Waals surface area contributed by atoms with Crippen molar-refractivity contribution in [1.82, 2.24) is 9.78 Å². The predicted molar refractivity (Wildman–Crippen MR) is 103 cm³/mol. The van der Waals surface area contributed by atoms with E-state index in [1.165, 1.54) is 31.4 Å². The molecule has 0 aliphatic heterocycles. The molecule has 0 aliphatic rings. The lowest BCUT2D eigenvalue weighted by molar-refractivity contribution is -0.384. The summed E-state index contributed by atoms with van der Waals surface area (Å²) < 4.78 is 6.18. The highest BCUT2D eigenvalue weighted by atomic mass is 35.5. The summed E-state index contributed by atoms with van der Waals surface area (Å²) >= 11 is 12.2. The minimum Gasteiger partial charge on any atom is -0.466 e. The summed E-state index contributed by atoms with van der Waals surface area (Å²) in [6.45, 7) is 0.278. The Morgan fingerprint density at radius 3 is 2.74 bits per heavy atom. The van der Waals surface area contributed by atoms with Gasteiger partial charge < -0.3 is 4.74 Å². The molecular formula is C18H13Cl2N3O4. The molecule has 0 N–H and O–H groups in total. The second-order valence-corrected chi connectivity index (χ2v) is 6.44. The topological polar surface area (TPSA) is 87.3 Å². The van der Waals surface area contributed by atoms with Gasteiger partial charge in [-0.2, -0.15) is 5.10 Å². The number of methoxy groups -OCH3 is 1. The number of carbonyl (C=O) groups excluding carboxylic acids is 1. The van der Waals surface area contributed by atoms with Crippen molar-refractivity contribution >= 4 is 51.8 Å². The lowest BCUT2D eigenvalue weighted by Gasteiger charge is -2.06. The number of hydrogen-bond acceptors (Lipinski definition) is 5. The maximum absolute atomic E-state index is 11.4. The van der Waals surface area contributed by atoms with Crippen LogP contribution in [0.25, 0.3) is 17.0 Å². The fourth-order valence-corrected chi connectivity index (χ4v) is 3.04. The average Bonchev–Trinajstić information content (AvgIpc) is 2.99. The Morgan fingerprint density at radius 2 is 2.07 bits per heavy atom. The first-order valence-corrected chi connectivity index (χ1v) is 8.49. The molecule has 3 rings (SSSR count). The molecule has 2 aromatic carbocycles. The standard InChI is InChI=1S/C18H13Cl2N3O4/c1-27-18(24)7-6-16-14-5-4-13(23(25)26)9-17(14)22(21-16)10-11-2-3-12(19)8-15(11)20/h2-9H,10H2,1H3/b7-6+. The summed E-state index contributed by atoms with van der Waals surface area (Å²) in [7, 11) is 1.27. The molecule has 3 aromatic rings. The molecule has 0 spiro atoms. The van der Waals surface area contributed by atoms with Crippen molar-refractivity contribution < 1.29 is 14.5 Å². The summed E-state index contributed by atoms with van der Waals surface area (Å²) in [6.07, 6.45) is 2.74. The van der Waals surface area contributed by atoms with Crippen LogP contribution >= 0.6 is 23.2 Å². The normalized spacial score (nSPS) is 11.2. The van der Waals surface area contributed by atoms with E-state index in [0.717, 1.165) is 5.56 Å². The van der Waals surface area contributed by atoms with Crippen LogP contribution in [-0.4, -0.2) is 27.8 Å². The lowest BCUT2D eigenvalue weighted by Crippen LogP contribution is -2.03. The number of aromatic nitrogens is 2. The van der Waals surface area contributed by atoms with Gasteiger partial charge in [-0.15, -0.1) is 0 Å². The number of non-ortho nitro benzene ring substituents is 1. The molecular weight excluding hydrogens is 393 g/mol. The highest BCUT2D eigenvalue weighted by Gasteiger charge is 2.15. The van der Waals surface area contributed by atoms with Gasteiger partial charge in [0.2, 0.25) is 0 Å². The molecule has 138 valence electrons. The lowest BCUT2D eigenvalue weighted by atomic mass is 10.1. The van der Waals surface area contributed by atoms with Crippen molar-refractivity contribution in [3.05, 3.63) is 73.9 Å². The molecule has 0 radical (unpaired) electrons. The molecule has 0 unspecified atom stereocenters. The number of hydrogen-bond donors (Lipinski definition) is 0. The Morgan fingerprint density at radius 1 is 1.30 bits per heavy atom. The van der Waals surface area contributed by atoms with Crippen molar-refractivity contribution in [2.24, 2.45) is 0 Å². The van der Waals surface area contributed by atoms with Crippen molar-refractivity contribution in [2.45, 2.75) is 6.54 Å². The molecule has 0 fully saturated rings. The highest BCUT2D eigenvalue weighted by Crippen LogP contribution is 2.27. The third kappa shape index (κ3) is 4.10. The Balaban J connectivity index is 2.11. The van der Waals surface area contributed by atoms with E-state index >= 15 is 0 Å². The summed E-state index contributed by atoms with van der Waals surface area (Å²) in [4.78, 5) is 22.0. The quantitative estimate of drug-likeness (QED) is 0.270. The van der Waals surface area contributed by atoms with Crippen LogP contribution in [-0.2, 0) is 16.1 Å². The maximum Gasteiger partial charge on any atom is 0.330 e. The van der Waals surface area contributed by atoms with Crippen LogP contribution < -0.4 is 0 Å². The molecule has 0 amide bonds. The molecule has 0 saturated carbocycles. The van der Waals surface area contributed by atoms with Crippen LogP contribution in [0.2, 0.25) is 10.0 Å². The first kappa shape index (κ1) is 18.9. The van der Waals surface area contributed by atoms with Crippen molar-refractivity contribution in [1.29, 1.82) is 0 Å². The molecule has 1 heterocycles. The number of carbonyl (C=O) groups is 1. The number of benzene rings is 2. The van der Waals surface area contributed by atoms with Crippen LogP contribution in [0.5, 0.6) is 0 Å². The predicted octanol–water partition coefficient (Wildman–Crippen LogP) is 4.49. The van der Waals surface area contributed by atoms with Gasteiger partial charge in [0.15, 0.2) is 0 Å². The zero-order valence-electron chi connectivity index (χ0n) is 14.1. The summed E-state index contributed by atoms with van der Waals surface area (Å²) in [5, 5.41) is 17.2. The molecule has 1 aromatic heterocycles. The third-order valence-electron chi connectivity index (χ3n) is 3.89. The van der Waals surface area contributed by atoms with Crippen molar-refractivity contribution in [3.8, 4) is 0 Å². The number of esters is 1. The van der Waals surface area contributed by atoms with E-state index in [0.29, 0.717) is 26.6 Å². The Hall–Kier alpha value is -2.90. The van der Waals surface area contributed by atoms with Crippen molar-refractivity contribution in [2.75, 3.05) is 7.11 Å². The average molecular weight is 406 g/mol. The minimum atomic E-state index is -0.527. The van der Waals surface area contributed by atoms with E-state index in [1.807, 2.05) is 0 Å². The molecule has 0 saturated heterocycles. The number of nitro benzene ring substituents is 1. The Kier molecular flexibility index (Phi) is 5.43. The zero-order valence-corrected chi connectivity index (χ0v) is 15.6. The Labute approximate surface area is 163 Å². The summed E-state index contributed by atoms with van der Waals surface area (Å²) in [5.41, 5.74) is 1.71. The van der Waals surface area contributed by atoms with E-state index in [-0.39, 0.29) is 12.2 Å². The fraction of sp³-hybridized carbons (Fsp3) is 0.111. The number of fused-ring (bicyclic) bond motifs is 1. The van der Waals surface area contributed by atoms with E-state index in [4.69, 9.17) is 23.2 Å². The maximum atomic E-state index is 11.4. The Bertz CT molecular complexity index is 1080. The molecule has 0 aliphatic carbocycles. The fourth-order valence-electron chi connectivity index (χ4n) is 2.57. The molecule has 7 nitrogen and oxygen atoms in total. The van der Waals surface area contributed by atoms with Crippen LogP contribution in [0.1, 0.15) is 11.3 Å². The second kappa shape index (κ2) is 7.77. The summed E-state index contributed by atoms with van der Waals surface area (Å²) in [5.74, 6) is -0.527. The number of ether oxygens (including phenoxy) is 1. The number of nitrogens with zero attached hydrogens (tertiary/aromatic N) is 3. The zero-order chi connectivity index (χ0) is 19.6. The first-order valence-electron chi connectivity index (χ1n) is 7.74. The van der Waals surface area contributed by atoms with Gasteiger partial charge in [0.1, 0.15) is 0 Å². The number of rotatable bonds is 5. The SMILES string of the molecule is COC(=O)/C=C/c1nn(Cc2ccc(Cl)cc2Cl)c2cc([N+](=O)[O-])ccc12. The van der Waals surface area contributed by atoms with Gasteiger partial charge in [-0.25, -0.2) is 4.79 Å². The van der Waals surface area contributed by atoms with Gasteiger partial charge in [0.25, 0.3) is 5.69 Å². The molecule has 27 heavy (non-hydrogen) atoms. The van der Waals surface area contributed by atoms with E-state index in [1.54, 1.807) is 28.9 Å². The van der Waals surface area contributed by atoms with Gasteiger partial charge in [-0.05, 0) is 29.8 Å². The van der Waals surface area contributed by atoms with Crippen LogP contribution in [0.4, 0.5) is 5.69 Å². The van der Waals surface area contributed by atoms with E-state index in [9.17, 15) is 14.9 Å². The molecule has 0 atom stereocenters. The van der Waals surface area contributed by atoms with Crippen LogP contribution in [0, 0.1) is 10.1 Å². The summed E-state index contributed by atoms with van der Waals surface area (Å²) in [6, 6.07) is 9.50. The van der Waals surface area contributed by atoms with Crippen molar-refractivity contribution in [3.63, 3.8) is 0 Å². The van der Waals surface area contributed by atoms with E-state index < -0.39 is 10.9 Å². The smallest absolute Gasteiger partial charge is 0.330 e. The first-order chi connectivity index (χ1) is 12.9. The van der Waals surface area contributed by atoms with Gasteiger partial charge in [-0.3, -0.25) is 14.8 Å². The second-order valence-electron chi connectivity index (χ2n) is 5.59. The van der Waals surface area contributed by atoms with Crippen LogP contribution in [0.15, 0.2) is 42.5 Å². The third-order valence-corrected chi connectivity index (χ3v) is 4.48. The monoisotopic (exact) mass is 405 g/mol. The number of halogens is 2. The molecule has 0 bridgehead atoms. The highest BCUT2D eigenvalue weighted by molar-refractivity contribution is 6.35. The van der Waals surface area contributed by atoms with Gasteiger partial charge in [-0.1, -0.05) is 29.3 Å². The minimum absolute atomic E-state index is 0.0608. The van der Waals surface area contributed by atoms with Gasteiger partial charge in [0, 0.05) is 33.6 Å². The largest absolute Gasteiger partial charge is 0.466 e. The van der Waals surface area contributed by atoms with Crippen LogP contribution in [0.3, 0.4) is 0 Å². The van der Waals surface area contributed by atoms with Gasteiger partial charge >= 0.3 is 5.97 Å². The molecule has 9 heteroatoms. The van der Waals surface area contributed by atoms with Gasteiger partial charge in [0.05, 0.1) is 29.8 Å². The van der Waals surface area contributed by atoms with E-state index in [2.05, 4.69) is 9.84 Å². The number of nitro groups is 1.